The number of amides is 1. The molecule has 0 bridgehead atoms. The number of carbonyl (C=O) groups excluding carboxylic acids is 1. The minimum atomic E-state index is -3.78. The Morgan fingerprint density at radius 3 is 2.58 bits per heavy atom. The van der Waals surface area contributed by atoms with Crippen LogP contribution in [-0.4, -0.2) is 26.9 Å². The molecule has 0 aliphatic carbocycles. The zero-order valence-electron chi connectivity index (χ0n) is 13.3. The molecule has 0 atom stereocenters. The predicted octanol–water partition coefficient (Wildman–Crippen LogP) is 3.15. The van der Waals surface area contributed by atoms with E-state index < -0.39 is 10.0 Å². The maximum absolute atomic E-state index is 13.0. The van der Waals surface area contributed by atoms with E-state index in [2.05, 4.69) is 21.2 Å². The average Bonchev–Trinajstić information content (AvgIpc) is 2.51. The lowest BCUT2D eigenvalue weighted by atomic mass is 10.0. The second-order valence-corrected chi connectivity index (χ2v) is 8.64. The first kappa shape index (κ1) is 17.0. The first-order chi connectivity index (χ1) is 11.3. The zero-order chi connectivity index (χ0) is 17.5. The SMILES string of the molecule is CC(C)NC(=O)CN1c2ccc(Br)cc2-c2ccccc2S1(=O)=O. The highest BCUT2D eigenvalue weighted by Gasteiger charge is 2.35. The van der Waals surface area contributed by atoms with Crippen molar-refractivity contribution >= 4 is 37.5 Å². The van der Waals surface area contributed by atoms with Gasteiger partial charge >= 0.3 is 0 Å². The van der Waals surface area contributed by atoms with Gasteiger partial charge in [-0.25, -0.2) is 8.42 Å². The van der Waals surface area contributed by atoms with Crippen LogP contribution in [0, 0.1) is 0 Å². The molecule has 1 aliphatic rings. The third-order valence-corrected chi connectivity index (χ3v) is 6.02. The van der Waals surface area contributed by atoms with Crippen LogP contribution in [-0.2, 0) is 14.8 Å². The Balaban J connectivity index is 2.15. The normalized spacial score (nSPS) is 14.9. The molecule has 5 nitrogen and oxygen atoms in total. The maximum atomic E-state index is 13.0. The molecule has 0 spiro atoms. The van der Waals surface area contributed by atoms with Gasteiger partial charge < -0.3 is 5.32 Å². The van der Waals surface area contributed by atoms with E-state index in [1.54, 1.807) is 36.4 Å². The summed E-state index contributed by atoms with van der Waals surface area (Å²) in [4.78, 5) is 12.4. The van der Waals surface area contributed by atoms with Crippen molar-refractivity contribution in [3.8, 4) is 11.1 Å². The van der Waals surface area contributed by atoms with Gasteiger partial charge in [-0.05, 0) is 38.1 Å². The van der Waals surface area contributed by atoms with Gasteiger partial charge in [-0.1, -0.05) is 34.1 Å². The lowest BCUT2D eigenvalue weighted by Crippen LogP contribution is -2.44. The fourth-order valence-corrected chi connectivity index (χ4v) is 4.78. The summed E-state index contributed by atoms with van der Waals surface area (Å²) < 4.78 is 28.0. The van der Waals surface area contributed by atoms with Crippen molar-refractivity contribution in [3.63, 3.8) is 0 Å². The highest BCUT2D eigenvalue weighted by molar-refractivity contribution is 9.10. The van der Waals surface area contributed by atoms with E-state index in [0.29, 0.717) is 11.3 Å². The van der Waals surface area contributed by atoms with Crippen molar-refractivity contribution in [1.29, 1.82) is 0 Å². The van der Waals surface area contributed by atoms with Crippen molar-refractivity contribution in [2.24, 2.45) is 0 Å². The minimum absolute atomic E-state index is 0.0540. The Hall–Kier alpha value is -1.86. The number of nitrogens with one attached hydrogen (secondary N) is 1. The van der Waals surface area contributed by atoms with Crippen molar-refractivity contribution in [2.75, 3.05) is 10.8 Å². The van der Waals surface area contributed by atoms with E-state index in [9.17, 15) is 13.2 Å². The molecule has 0 radical (unpaired) electrons. The molecule has 2 aromatic carbocycles. The molecule has 1 amide bonds. The Morgan fingerprint density at radius 1 is 1.17 bits per heavy atom. The van der Waals surface area contributed by atoms with Crippen LogP contribution in [0.5, 0.6) is 0 Å². The molecule has 1 N–H and O–H groups in total. The van der Waals surface area contributed by atoms with Crippen LogP contribution in [0.4, 0.5) is 5.69 Å². The number of carbonyl (C=O) groups is 1. The summed E-state index contributed by atoms with van der Waals surface area (Å²) in [5, 5.41) is 2.74. The number of rotatable bonds is 3. The molecule has 2 aromatic rings. The van der Waals surface area contributed by atoms with Gasteiger partial charge in [0.05, 0.1) is 10.6 Å². The Kier molecular flexibility index (Phi) is 4.40. The summed E-state index contributed by atoms with van der Waals surface area (Å²) in [6.45, 7) is 3.43. The number of benzene rings is 2. The molecule has 0 aromatic heterocycles. The van der Waals surface area contributed by atoms with Crippen LogP contribution in [0.3, 0.4) is 0 Å². The van der Waals surface area contributed by atoms with Crippen LogP contribution in [0.25, 0.3) is 11.1 Å². The Morgan fingerprint density at radius 2 is 1.88 bits per heavy atom. The fourth-order valence-electron chi connectivity index (χ4n) is 2.77. The van der Waals surface area contributed by atoms with E-state index in [1.807, 2.05) is 19.9 Å². The Bertz CT molecular complexity index is 910. The van der Waals surface area contributed by atoms with E-state index >= 15 is 0 Å². The lowest BCUT2D eigenvalue weighted by Gasteiger charge is -2.32. The van der Waals surface area contributed by atoms with Gasteiger partial charge in [-0.3, -0.25) is 9.10 Å². The molecule has 1 heterocycles. The number of nitrogens with zero attached hydrogens (tertiary/aromatic N) is 1. The quantitative estimate of drug-likeness (QED) is 0.847. The van der Waals surface area contributed by atoms with Gasteiger partial charge in [-0.2, -0.15) is 0 Å². The van der Waals surface area contributed by atoms with Crippen molar-refractivity contribution in [2.45, 2.75) is 24.8 Å². The molecular formula is C17H17BrN2O3S. The van der Waals surface area contributed by atoms with E-state index in [4.69, 9.17) is 0 Å². The van der Waals surface area contributed by atoms with Crippen molar-refractivity contribution in [3.05, 3.63) is 46.9 Å². The molecular weight excluding hydrogens is 392 g/mol. The second kappa shape index (κ2) is 6.22. The second-order valence-electron chi connectivity index (χ2n) is 5.89. The number of sulfonamides is 1. The molecule has 1 aliphatic heterocycles. The van der Waals surface area contributed by atoms with E-state index in [-0.39, 0.29) is 23.4 Å². The number of halogens is 1. The molecule has 126 valence electrons. The summed E-state index contributed by atoms with van der Waals surface area (Å²) in [6, 6.07) is 12.2. The summed E-state index contributed by atoms with van der Waals surface area (Å²) in [5.74, 6) is -0.332. The van der Waals surface area contributed by atoms with Crippen LogP contribution in [0.2, 0.25) is 0 Å². The molecule has 24 heavy (non-hydrogen) atoms. The smallest absolute Gasteiger partial charge is 0.265 e. The van der Waals surface area contributed by atoms with Crippen LogP contribution >= 0.6 is 15.9 Å². The first-order valence-electron chi connectivity index (χ1n) is 7.52. The molecule has 0 saturated heterocycles. The molecule has 0 saturated carbocycles. The largest absolute Gasteiger partial charge is 0.352 e. The van der Waals surface area contributed by atoms with Gasteiger partial charge in [0.15, 0.2) is 0 Å². The van der Waals surface area contributed by atoms with Gasteiger partial charge in [0.2, 0.25) is 5.91 Å². The molecule has 0 fully saturated rings. The maximum Gasteiger partial charge on any atom is 0.265 e. The monoisotopic (exact) mass is 408 g/mol. The van der Waals surface area contributed by atoms with Crippen LogP contribution < -0.4 is 9.62 Å². The Labute approximate surface area is 149 Å². The highest BCUT2D eigenvalue weighted by atomic mass is 79.9. The number of hydrogen-bond donors (Lipinski definition) is 1. The summed E-state index contributed by atoms with van der Waals surface area (Å²) >= 11 is 3.43. The summed E-state index contributed by atoms with van der Waals surface area (Å²) in [7, 11) is -3.78. The van der Waals surface area contributed by atoms with Gasteiger partial charge in [0.1, 0.15) is 6.54 Å². The fraction of sp³-hybridized carbons (Fsp3) is 0.235. The van der Waals surface area contributed by atoms with Crippen LogP contribution in [0.1, 0.15) is 13.8 Å². The topological polar surface area (TPSA) is 66.5 Å². The molecule has 3 rings (SSSR count). The number of hydrogen-bond acceptors (Lipinski definition) is 3. The average molecular weight is 409 g/mol. The third-order valence-electron chi connectivity index (χ3n) is 3.71. The van der Waals surface area contributed by atoms with E-state index in [0.717, 1.165) is 10.0 Å². The van der Waals surface area contributed by atoms with Gasteiger partial charge in [0.25, 0.3) is 10.0 Å². The van der Waals surface area contributed by atoms with Crippen LogP contribution in [0.15, 0.2) is 51.8 Å². The first-order valence-corrected chi connectivity index (χ1v) is 9.75. The number of anilines is 1. The molecule has 0 unspecified atom stereocenters. The van der Waals surface area contributed by atoms with Crippen molar-refractivity contribution < 1.29 is 13.2 Å². The number of fused-ring (bicyclic) bond motifs is 3. The van der Waals surface area contributed by atoms with Gasteiger partial charge in [0, 0.05) is 21.6 Å². The minimum Gasteiger partial charge on any atom is -0.352 e. The predicted molar refractivity (Wildman–Crippen MR) is 97.4 cm³/mol. The summed E-state index contributed by atoms with van der Waals surface area (Å²) in [6.07, 6.45) is 0. The van der Waals surface area contributed by atoms with Crippen molar-refractivity contribution in [1.82, 2.24) is 5.32 Å². The molecule has 7 heteroatoms. The highest BCUT2D eigenvalue weighted by Crippen LogP contribution is 2.43. The summed E-state index contributed by atoms with van der Waals surface area (Å²) in [5.41, 5.74) is 1.94. The van der Waals surface area contributed by atoms with E-state index in [1.165, 1.54) is 4.31 Å². The lowest BCUT2D eigenvalue weighted by molar-refractivity contribution is -0.120. The zero-order valence-corrected chi connectivity index (χ0v) is 15.7. The third kappa shape index (κ3) is 2.93. The standard InChI is InChI=1S/C17H17BrN2O3S/c1-11(2)19-17(21)10-20-15-8-7-12(18)9-14(15)13-5-3-4-6-16(13)24(20,22)23/h3-9,11H,10H2,1-2H3,(H,19,21). The van der Waals surface area contributed by atoms with Gasteiger partial charge in [-0.15, -0.1) is 0 Å².